The molecule has 0 saturated carbocycles. The van der Waals surface area contributed by atoms with E-state index in [0.717, 1.165) is 0 Å². The summed E-state index contributed by atoms with van der Waals surface area (Å²) in [6.07, 6.45) is 1.62. The Hall–Kier alpha value is -1.03. The first-order chi connectivity index (χ1) is 4.66. The monoisotopic (exact) mass is 143 g/mol. The molecule has 0 radical (unpaired) electrons. The summed E-state index contributed by atoms with van der Waals surface area (Å²) in [5.41, 5.74) is 2.51. The average Bonchev–Trinajstić information content (AvgIpc) is 1.82. The summed E-state index contributed by atoms with van der Waals surface area (Å²) in [5, 5.41) is 4.12. The zero-order valence-corrected chi connectivity index (χ0v) is 6.35. The topological polar surface area (TPSA) is 44.4 Å². The van der Waals surface area contributed by atoms with Gasteiger partial charge in [0.25, 0.3) is 0 Å². The fourth-order valence-electron chi connectivity index (χ4n) is 0.407. The van der Waals surface area contributed by atoms with Crippen LogP contribution >= 0.6 is 0 Å². The van der Waals surface area contributed by atoms with E-state index in [0.29, 0.717) is 6.54 Å². The molecular formula is C6H13N3O. The molecule has 0 aliphatic rings. The lowest BCUT2D eigenvalue weighted by Gasteiger charge is -2.11. The van der Waals surface area contributed by atoms with Gasteiger partial charge in [-0.05, 0) is 0 Å². The van der Waals surface area contributed by atoms with Crippen LogP contribution in [-0.4, -0.2) is 31.7 Å². The molecule has 0 heterocycles. The van der Waals surface area contributed by atoms with E-state index < -0.39 is 0 Å². The Morgan fingerprint density at radius 1 is 1.70 bits per heavy atom. The fraction of sp³-hybridized carbons (Fsp3) is 0.500. The Bertz CT molecular complexity index is 122. The third-order valence-electron chi connectivity index (χ3n) is 0.732. The van der Waals surface area contributed by atoms with Gasteiger partial charge in [0.05, 0.1) is 0 Å². The molecule has 0 unspecified atom stereocenters. The number of hydrazine groups is 1. The molecule has 0 fully saturated rings. The number of urea groups is 1. The number of nitrogens with zero attached hydrogens (tertiary/aromatic N) is 1. The Morgan fingerprint density at radius 2 is 2.30 bits per heavy atom. The van der Waals surface area contributed by atoms with E-state index in [9.17, 15) is 4.79 Å². The van der Waals surface area contributed by atoms with Crippen molar-refractivity contribution in [2.45, 2.75) is 0 Å². The van der Waals surface area contributed by atoms with Crippen LogP contribution in [-0.2, 0) is 0 Å². The third kappa shape index (κ3) is 5.11. The number of hydrogen-bond acceptors (Lipinski definition) is 2. The highest BCUT2D eigenvalue weighted by Gasteiger charge is 1.95. The summed E-state index contributed by atoms with van der Waals surface area (Å²) >= 11 is 0. The first kappa shape index (κ1) is 8.97. The normalized spacial score (nSPS) is 9.10. The van der Waals surface area contributed by atoms with Crippen LogP contribution in [0, 0.1) is 0 Å². The van der Waals surface area contributed by atoms with Crippen LogP contribution in [0.25, 0.3) is 0 Å². The minimum Gasteiger partial charge on any atom is -0.334 e. The lowest BCUT2D eigenvalue weighted by atomic mass is 10.6. The minimum absolute atomic E-state index is 0.218. The summed E-state index contributed by atoms with van der Waals surface area (Å²) < 4.78 is 0. The first-order valence-electron chi connectivity index (χ1n) is 2.99. The van der Waals surface area contributed by atoms with Crippen molar-refractivity contribution in [3.05, 3.63) is 12.7 Å². The predicted octanol–water partition coefficient (Wildman–Crippen LogP) is -0.0518. The van der Waals surface area contributed by atoms with E-state index in [2.05, 4.69) is 17.3 Å². The molecule has 58 valence electrons. The Labute approximate surface area is 60.9 Å². The van der Waals surface area contributed by atoms with Gasteiger partial charge in [-0.15, -0.1) is 6.58 Å². The van der Waals surface area contributed by atoms with Crippen LogP contribution < -0.4 is 10.7 Å². The van der Waals surface area contributed by atoms with Gasteiger partial charge in [0, 0.05) is 20.6 Å². The van der Waals surface area contributed by atoms with Crippen LogP contribution in [0.4, 0.5) is 4.79 Å². The van der Waals surface area contributed by atoms with Gasteiger partial charge in [-0.25, -0.2) is 9.80 Å². The zero-order chi connectivity index (χ0) is 7.98. The van der Waals surface area contributed by atoms with E-state index in [4.69, 9.17) is 0 Å². The van der Waals surface area contributed by atoms with Gasteiger partial charge in [0.2, 0.25) is 0 Å². The number of carbonyl (C=O) groups is 1. The molecule has 0 aromatic carbocycles. The van der Waals surface area contributed by atoms with Gasteiger partial charge in [-0.3, -0.25) is 5.43 Å². The molecule has 10 heavy (non-hydrogen) atoms. The van der Waals surface area contributed by atoms with Crippen LogP contribution in [0.15, 0.2) is 12.7 Å². The van der Waals surface area contributed by atoms with Crippen molar-refractivity contribution < 1.29 is 4.79 Å². The second kappa shape index (κ2) is 4.81. The lowest BCUT2D eigenvalue weighted by Crippen LogP contribution is -2.43. The molecule has 0 rings (SSSR count). The van der Waals surface area contributed by atoms with Gasteiger partial charge >= 0.3 is 6.03 Å². The molecule has 0 aromatic rings. The number of nitrogens with one attached hydrogen (secondary N) is 2. The van der Waals surface area contributed by atoms with Crippen LogP contribution in [0.1, 0.15) is 0 Å². The van der Waals surface area contributed by atoms with E-state index in [1.54, 1.807) is 25.2 Å². The van der Waals surface area contributed by atoms with Gasteiger partial charge in [0.1, 0.15) is 0 Å². The molecule has 0 aromatic heterocycles. The quantitative estimate of drug-likeness (QED) is 0.429. The summed E-state index contributed by atoms with van der Waals surface area (Å²) in [4.78, 5) is 10.7. The minimum atomic E-state index is -0.218. The number of hydrogen-bond donors (Lipinski definition) is 2. The second-order valence-electron chi connectivity index (χ2n) is 2.00. The zero-order valence-electron chi connectivity index (χ0n) is 6.35. The maximum atomic E-state index is 10.7. The summed E-state index contributed by atoms with van der Waals surface area (Å²) in [7, 11) is 3.49. The number of amides is 2. The molecule has 2 N–H and O–H groups in total. The SMILES string of the molecule is C=CCNC(=O)NN(C)C. The highest BCUT2D eigenvalue weighted by atomic mass is 16.2. The van der Waals surface area contributed by atoms with Gasteiger partial charge in [-0.1, -0.05) is 6.08 Å². The van der Waals surface area contributed by atoms with Crippen molar-refractivity contribution >= 4 is 6.03 Å². The predicted molar refractivity (Wildman–Crippen MR) is 40.4 cm³/mol. The summed E-state index contributed by atoms with van der Waals surface area (Å²) in [6, 6.07) is -0.218. The summed E-state index contributed by atoms with van der Waals surface area (Å²) in [6.45, 7) is 3.94. The maximum Gasteiger partial charge on any atom is 0.329 e. The highest BCUT2D eigenvalue weighted by Crippen LogP contribution is 1.67. The van der Waals surface area contributed by atoms with Crippen molar-refractivity contribution in [2.24, 2.45) is 0 Å². The van der Waals surface area contributed by atoms with Crippen molar-refractivity contribution in [1.29, 1.82) is 0 Å². The van der Waals surface area contributed by atoms with E-state index >= 15 is 0 Å². The molecule has 0 saturated heterocycles. The smallest absolute Gasteiger partial charge is 0.329 e. The van der Waals surface area contributed by atoms with Crippen molar-refractivity contribution in [3.63, 3.8) is 0 Å². The van der Waals surface area contributed by atoms with Crippen molar-refractivity contribution in [2.75, 3.05) is 20.6 Å². The van der Waals surface area contributed by atoms with E-state index in [-0.39, 0.29) is 6.03 Å². The van der Waals surface area contributed by atoms with Gasteiger partial charge in [-0.2, -0.15) is 0 Å². The van der Waals surface area contributed by atoms with Crippen LogP contribution in [0.3, 0.4) is 0 Å². The van der Waals surface area contributed by atoms with Crippen molar-refractivity contribution in [3.8, 4) is 0 Å². The largest absolute Gasteiger partial charge is 0.334 e. The molecule has 4 nitrogen and oxygen atoms in total. The second-order valence-corrected chi connectivity index (χ2v) is 2.00. The maximum absolute atomic E-state index is 10.7. The van der Waals surface area contributed by atoms with E-state index in [1.807, 2.05) is 0 Å². The molecule has 0 aliphatic heterocycles. The first-order valence-corrected chi connectivity index (χ1v) is 2.99. The number of carbonyl (C=O) groups excluding carboxylic acids is 1. The molecule has 0 aliphatic carbocycles. The van der Waals surface area contributed by atoms with Gasteiger partial charge in [0.15, 0.2) is 0 Å². The third-order valence-corrected chi connectivity index (χ3v) is 0.732. The Kier molecular flexibility index (Phi) is 4.32. The van der Waals surface area contributed by atoms with Crippen molar-refractivity contribution in [1.82, 2.24) is 15.8 Å². The standard InChI is InChI=1S/C6H13N3O/c1-4-5-7-6(10)8-9(2)3/h4H,1,5H2,2-3H3,(H2,7,8,10). The average molecular weight is 143 g/mol. The fourth-order valence-corrected chi connectivity index (χ4v) is 0.407. The Morgan fingerprint density at radius 3 is 2.70 bits per heavy atom. The molecule has 0 spiro atoms. The number of rotatable bonds is 3. The van der Waals surface area contributed by atoms with E-state index in [1.165, 1.54) is 0 Å². The molecule has 0 atom stereocenters. The molecule has 0 bridgehead atoms. The Balaban J connectivity index is 3.34. The summed E-state index contributed by atoms with van der Waals surface area (Å²) in [5.74, 6) is 0. The van der Waals surface area contributed by atoms with Crippen LogP contribution in [0.2, 0.25) is 0 Å². The molecule has 4 heteroatoms. The molecular weight excluding hydrogens is 130 g/mol. The lowest BCUT2D eigenvalue weighted by molar-refractivity contribution is 0.213. The van der Waals surface area contributed by atoms with Gasteiger partial charge < -0.3 is 5.32 Å². The molecule has 2 amide bonds. The highest BCUT2D eigenvalue weighted by molar-refractivity contribution is 5.73. The van der Waals surface area contributed by atoms with Crippen LogP contribution in [0.5, 0.6) is 0 Å².